The van der Waals surface area contributed by atoms with Crippen molar-refractivity contribution in [2.24, 2.45) is 0 Å². The van der Waals surface area contributed by atoms with Gasteiger partial charge in [0.2, 0.25) is 0 Å². The SMILES string of the molecule is O=C1CCOc2ccc(-c3ccc4nnc(CN5CCc6ncccc6C5)n4n3)cc21. The number of carbonyl (C=O) groups is 1. The number of Topliss-reactive ketones (excluding diaryl/α,β-unsaturated/α-hetero) is 1. The van der Waals surface area contributed by atoms with Crippen LogP contribution in [0.5, 0.6) is 5.75 Å². The van der Waals surface area contributed by atoms with Crippen molar-refractivity contribution < 1.29 is 9.53 Å². The summed E-state index contributed by atoms with van der Waals surface area (Å²) >= 11 is 0. The Morgan fingerprint density at radius 3 is 3.00 bits per heavy atom. The summed E-state index contributed by atoms with van der Waals surface area (Å²) in [7, 11) is 0. The molecule has 1 aromatic carbocycles. The van der Waals surface area contributed by atoms with Crippen LogP contribution < -0.4 is 4.74 Å². The lowest BCUT2D eigenvalue weighted by Gasteiger charge is -2.27. The van der Waals surface area contributed by atoms with Gasteiger partial charge in [0.1, 0.15) is 5.75 Å². The zero-order valence-electron chi connectivity index (χ0n) is 16.9. The van der Waals surface area contributed by atoms with E-state index in [4.69, 9.17) is 9.84 Å². The molecule has 0 saturated carbocycles. The molecular formula is C23H20N6O2. The van der Waals surface area contributed by atoms with E-state index in [0.717, 1.165) is 36.6 Å². The van der Waals surface area contributed by atoms with Gasteiger partial charge in [-0.25, -0.2) is 0 Å². The van der Waals surface area contributed by atoms with Gasteiger partial charge in [0.25, 0.3) is 0 Å². The van der Waals surface area contributed by atoms with Gasteiger partial charge in [0, 0.05) is 43.4 Å². The molecule has 0 spiro atoms. The van der Waals surface area contributed by atoms with Crippen LogP contribution in [0.25, 0.3) is 16.9 Å². The van der Waals surface area contributed by atoms with Gasteiger partial charge in [-0.2, -0.15) is 9.61 Å². The van der Waals surface area contributed by atoms with Gasteiger partial charge in [-0.1, -0.05) is 6.07 Å². The second kappa shape index (κ2) is 7.24. The Kier molecular flexibility index (Phi) is 4.24. The van der Waals surface area contributed by atoms with Crippen LogP contribution in [0.2, 0.25) is 0 Å². The number of fused-ring (bicyclic) bond motifs is 3. The van der Waals surface area contributed by atoms with E-state index in [0.29, 0.717) is 36.5 Å². The zero-order chi connectivity index (χ0) is 20.8. The van der Waals surface area contributed by atoms with Crippen molar-refractivity contribution in [2.75, 3.05) is 13.2 Å². The van der Waals surface area contributed by atoms with Crippen LogP contribution in [0.4, 0.5) is 0 Å². The Bertz CT molecular complexity index is 1310. The number of ether oxygens (including phenoxy) is 1. The van der Waals surface area contributed by atoms with Gasteiger partial charge in [0.15, 0.2) is 17.3 Å². The molecule has 8 heteroatoms. The number of nitrogens with zero attached hydrogens (tertiary/aromatic N) is 6. The van der Waals surface area contributed by atoms with Gasteiger partial charge >= 0.3 is 0 Å². The second-order valence-electron chi connectivity index (χ2n) is 7.91. The van der Waals surface area contributed by atoms with Crippen molar-refractivity contribution in [3.63, 3.8) is 0 Å². The molecule has 2 aliphatic heterocycles. The molecule has 0 atom stereocenters. The van der Waals surface area contributed by atoms with E-state index in [9.17, 15) is 4.79 Å². The van der Waals surface area contributed by atoms with Crippen molar-refractivity contribution >= 4 is 11.4 Å². The molecular weight excluding hydrogens is 392 g/mol. The Morgan fingerprint density at radius 2 is 2.03 bits per heavy atom. The molecule has 0 fully saturated rings. The number of benzene rings is 1. The van der Waals surface area contributed by atoms with E-state index in [1.54, 1.807) is 4.52 Å². The lowest BCUT2D eigenvalue weighted by Crippen LogP contribution is -2.31. The standard InChI is InChI=1S/C23H20N6O2/c30-20-8-11-31-21-5-3-15(12-17(20)21)19-4-6-22-25-26-23(29(22)27-19)14-28-10-7-18-16(13-28)2-1-9-24-18/h1-6,9,12H,7-8,10-11,13-14H2. The van der Waals surface area contributed by atoms with E-state index < -0.39 is 0 Å². The molecule has 6 rings (SSSR count). The van der Waals surface area contributed by atoms with Crippen LogP contribution in [0.3, 0.4) is 0 Å². The molecule has 5 heterocycles. The lowest BCUT2D eigenvalue weighted by molar-refractivity contribution is 0.0933. The van der Waals surface area contributed by atoms with Crippen LogP contribution in [-0.2, 0) is 19.5 Å². The first-order chi connectivity index (χ1) is 15.2. The highest BCUT2D eigenvalue weighted by Crippen LogP contribution is 2.29. The number of ketones is 1. The third-order valence-electron chi connectivity index (χ3n) is 5.90. The minimum absolute atomic E-state index is 0.106. The third kappa shape index (κ3) is 3.25. The number of rotatable bonds is 3. The van der Waals surface area contributed by atoms with E-state index in [-0.39, 0.29) is 5.78 Å². The fourth-order valence-corrected chi connectivity index (χ4v) is 4.27. The largest absolute Gasteiger partial charge is 0.492 e. The first-order valence-electron chi connectivity index (χ1n) is 10.4. The Morgan fingerprint density at radius 1 is 1.06 bits per heavy atom. The summed E-state index contributed by atoms with van der Waals surface area (Å²) in [4.78, 5) is 19.1. The topological polar surface area (TPSA) is 85.5 Å². The lowest BCUT2D eigenvalue weighted by atomic mass is 10.0. The van der Waals surface area contributed by atoms with Crippen molar-refractivity contribution in [1.29, 1.82) is 0 Å². The molecule has 8 nitrogen and oxygen atoms in total. The number of carbonyl (C=O) groups excluding carboxylic acids is 1. The Labute approximate surface area is 178 Å². The summed E-state index contributed by atoms with van der Waals surface area (Å²) in [5, 5.41) is 13.5. The molecule has 0 bridgehead atoms. The van der Waals surface area contributed by atoms with Crippen molar-refractivity contribution in [3.8, 4) is 17.0 Å². The highest BCUT2D eigenvalue weighted by molar-refractivity contribution is 6.00. The van der Waals surface area contributed by atoms with Gasteiger partial charge in [-0.05, 0) is 42.0 Å². The zero-order valence-corrected chi connectivity index (χ0v) is 16.9. The third-order valence-corrected chi connectivity index (χ3v) is 5.90. The summed E-state index contributed by atoms with van der Waals surface area (Å²) in [6.07, 6.45) is 3.19. The fraction of sp³-hybridized carbons (Fsp3) is 0.261. The van der Waals surface area contributed by atoms with Crippen LogP contribution >= 0.6 is 0 Å². The second-order valence-corrected chi connectivity index (χ2v) is 7.91. The maximum atomic E-state index is 12.3. The maximum absolute atomic E-state index is 12.3. The fourth-order valence-electron chi connectivity index (χ4n) is 4.27. The molecule has 0 radical (unpaired) electrons. The quantitative estimate of drug-likeness (QED) is 0.511. The van der Waals surface area contributed by atoms with Gasteiger partial charge < -0.3 is 4.74 Å². The van der Waals surface area contributed by atoms with Crippen LogP contribution in [0.1, 0.15) is 33.9 Å². The van der Waals surface area contributed by atoms with Crippen LogP contribution in [0.15, 0.2) is 48.7 Å². The van der Waals surface area contributed by atoms with Gasteiger partial charge in [0.05, 0.1) is 24.4 Å². The molecule has 0 amide bonds. The van der Waals surface area contributed by atoms with Crippen LogP contribution in [0, 0.1) is 0 Å². The molecule has 31 heavy (non-hydrogen) atoms. The molecule has 3 aromatic heterocycles. The minimum atomic E-state index is 0.106. The van der Waals surface area contributed by atoms with Crippen molar-refractivity contribution in [3.05, 3.63) is 71.3 Å². The highest BCUT2D eigenvalue weighted by Gasteiger charge is 2.21. The maximum Gasteiger partial charge on any atom is 0.177 e. The van der Waals surface area contributed by atoms with E-state index in [1.807, 2.05) is 42.6 Å². The predicted molar refractivity (Wildman–Crippen MR) is 113 cm³/mol. The van der Waals surface area contributed by atoms with Gasteiger partial charge in [-0.3, -0.25) is 14.7 Å². The molecule has 0 unspecified atom stereocenters. The van der Waals surface area contributed by atoms with Crippen LogP contribution in [-0.4, -0.2) is 48.6 Å². The number of hydrogen-bond donors (Lipinski definition) is 0. The first kappa shape index (κ1) is 18.1. The Hall–Kier alpha value is -3.65. The number of pyridine rings is 1. The van der Waals surface area contributed by atoms with E-state index in [1.165, 1.54) is 11.3 Å². The minimum Gasteiger partial charge on any atom is -0.492 e. The van der Waals surface area contributed by atoms with Gasteiger partial charge in [-0.15, -0.1) is 10.2 Å². The average molecular weight is 412 g/mol. The summed E-state index contributed by atoms with van der Waals surface area (Å²) in [6.45, 7) is 2.86. The summed E-state index contributed by atoms with van der Waals surface area (Å²) in [5.41, 5.74) is 5.40. The summed E-state index contributed by atoms with van der Waals surface area (Å²) in [5.74, 6) is 1.54. The molecule has 0 aliphatic carbocycles. The highest BCUT2D eigenvalue weighted by atomic mass is 16.5. The van der Waals surface area contributed by atoms with Crippen molar-refractivity contribution in [2.45, 2.75) is 25.9 Å². The van der Waals surface area contributed by atoms with E-state index in [2.05, 4.69) is 26.1 Å². The summed E-state index contributed by atoms with van der Waals surface area (Å²) in [6, 6.07) is 13.6. The molecule has 4 aromatic rings. The molecule has 154 valence electrons. The molecule has 2 aliphatic rings. The summed E-state index contributed by atoms with van der Waals surface area (Å²) < 4.78 is 7.39. The number of hydrogen-bond acceptors (Lipinski definition) is 7. The molecule has 0 saturated heterocycles. The average Bonchev–Trinajstić information content (AvgIpc) is 3.21. The monoisotopic (exact) mass is 412 g/mol. The normalized spacial score (nSPS) is 16.1. The smallest absolute Gasteiger partial charge is 0.177 e. The predicted octanol–water partition coefficient (Wildman–Crippen LogP) is 2.71. The molecule has 0 N–H and O–H groups in total. The first-order valence-corrected chi connectivity index (χ1v) is 10.4. The number of aromatic nitrogens is 5. The Balaban J connectivity index is 1.31. The van der Waals surface area contributed by atoms with Crippen molar-refractivity contribution in [1.82, 2.24) is 29.7 Å². The van der Waals surface area contributed by atoms with E-state index >= 15 is 0 Å².